The van der Waals surface area contributed by atoms with Crippen LogP contribution in [-0.2, 0) is 13.0 Å². The SMILES string of the molecule is COc1ccc2c(c1)nc(CCN)n2Cc1ccccc1. The van der Waals surface area contributed by atoms with Crippen molar-refractivity contribution in [3.8, 4) is 5.75 Å². The van der Waals surface area contributed by atoms with Crippen LogP contribution in [0.5, 0.6) is 5.75 Å². The first-order valence-corrected chi connectivity index (χ1v) is 7.09. The lowest BCUT2D eigenvalue weighted by atomic mass is 10.2. The summed E-state index contributed by atoms with van der Waals surface area (Å²) in [7, 11) is 1.67. The fraction of sp³-hybridized carbons (Fsp3) is 0.235. The molecule has 4 heteroatoms. The van der Waals surface area contributed by atoms with Crippen LogP contribution in [0.1, 0.15) is 11.4 Å². The summed E-state index contributed by atoms with van der Waals surface area (Å²) in [6.07, 6.45) is 0.768. The van der Waals surface area contributed by atoms with Crippen molar-refractivity contribution in [2.75, 3.05) is 13.7 Å². The number of hydrogen-bond donors (Lipinski definition) is 1. The number of ether oxygens (including phenoxy) is 1. The van der Waals surface area contributed by atoms with E-state index in [1.807, 2.05) is 18.2 Å². The highest BCUT2D eigenvalue weighted by Crippen LogP contribution is 2.23. The second kappa shape index (κ2) is 5.97. The van der Waals surface area contributed by atoms with Gasteiger partial charge < -0.3 is 15.0 Å². The number of methoxy groups -OCH3 is 1. The number of nitrogens with two attached hydrogens (primary N) is 1. The van der Waals surface area contributed by atoms with Gasteiger partial charge in [0.15, 0.2) is 0 Å². The topological polar surface area (TPSA) is 53.1 Å². The predicted octanol–water partition coefficient (Wildman–Crippen LogP) is 2.59. The zero-order chi connectivity index (χ0) is 14.7. The zero-order valence-corrected chi connectivity index (χ0v) is 12.1. The molecule has 0 saturated carbocycles. The van der Waals surface area contributed by atoms with E-state index in [2.05, 4.69) is 34.9 Å². The van der Waals surface area contributed by atoms with E-state index >= 15 is 0 Å². The van der Waals surface area contributed by atoms with Gasteiger partial charge in [-0.15, -0.1) is 0 Å². The van der Waals surface area contributed by atoms with E-state index in [4.69, 9.17) is 15.5 Å². The van der Waals surface area contributed by atoms with E-state index in [0.29, 0.717) is 6.54 Å². The Hall–Kier alpha value is -2.33. The van der Waals surface area contributed by atoms with Gasteiger partial charge in [0.1, 0.15) is 11.6 Å². The van der Waals surface area contributed by atoms with Gasteiger partial charge in [-0.25, -0.2) is 4.98 Å². The van der Waals surface area contributed by atoms with Crippen molar-refractivity contribution in [2.45, 2.75) is 13.0 Å². The molecule has 0 unspecified atom stereocenters. The van der Waals surface area contributed by atoms with E-state index in [1.165, 1.54) is 5.56 Å². The van der Waals surface area contributed by atoms with Gasteiger partial charge in [-0.2, -0.15) is 0 Å². The molecule has 0 fully saturated rings. The van der Waals surface area contributed by atoms with Crippen LogP contribution in [-0.4, -0.2) is 23.2 Å². The molecule has 0 amide bonds. The molecule has 0 aliphatic rings. The first kappa shape index (κ1) is 13.6. The Balaban J connectivity index is 2.07. The maximum Gasteiger partial charge on any atom is 0.121 e. The van der Waals surface area contributed by atoms with E-state index in [-0.39, 0.29) is 0 Å². The fourth-order valence-corrected chi connectivity index (χ4v) is 2.55. The predicted molar refractivity (Wildman–Crippen MR) is 84.6 cm³/mol. The number of hydrogen-bond acceptors (Lipinski definition) is 3. The minimum absolute atomic E-state index is 0.593. The highest BCUT2D eigenvalue weighted by atomic mass is 16.5. The number of imidazole rings is 1. The van der Waals surface area contributed by atoms with Gasteiger partial charge >= 0.3 is 0 Å². The third-order valence-electron chi connectivity index (χ3n) is 3.59. The molecule has 21 heavy (non-hydrogen) atoms. The van der Waals surface area contributed by atoms with Crippen LogP contribution in [0.25, 0.3) is 11.0 Å². The molecule has 1 heterocycles. The summed E-state index contributed by atoms with van der Waals surface area (Å²) in [6.45, 7) is 1.40. The van der Waals surface area contributed by atoms with E-state index in [1.54, 1.807) is 7.11 Å². The summed E-state index contributed by atoms with van der Waals surface area (Å²) in [5.74, 6) is 1.84. The summed E-state index contributed by atoms with van der Waals surface area (Å²) in [6, 6.07) is 16.4. The molecule has 2 aromatic carbocycles. The monoisotopic (exact) mass is 281 g/mol. The third kappa shape index (κ3) is 2.76. The second-order valence-corrected chi connectivity index (χ2v) is 4.99. The summed E-state index contributed by atoms with van der Waals surface area (Å²) in [5.41, 5.74) is 9.04. The largest absolute Gasteiger partial charge is 0.497 e. The van der Waals surface area contributed by atoms with E-state index in [0.717, 1.165) is 35.6 Å². The standard InChI is InChI=1S/C17H19N3O/c1-21-14-7-8-16-15(11-14)19-17(9-10-18)20(16)12-13-5-3-2-4-6-13/h2-8,11H,9-10,12,18H2,1H3. The molecular weight excluding hydrogens is 262 g/mol. The lowest BCUT2D eigenvalue weighted by Gasteiger charge is -2.09. The molecule has 0 bridgehead atoms. The van der Waals surface area contributed by atoms with Crippen LogP contribution in [0, 0.1) is 0 Å². The maximum absolute atomic E-state index is 5.72. The summed E-state index contributed by atoms with van der Waals surface area (Å²) >= 11 is 0. The summed E-state index contributed by atoms with van der Waals surface area (Å²) in [5, 5.41) is 0. The number of benzene rings is 2. The Morgan fingerprint density at radius 2 is 1.95 bits per heavy atom. The number of fused-ring (bicyclic) bond motifs is 1. The van der Waals surface area contributed by atoms with Gasteiger partial charge in [-0.1, -0.05) is 30.3 Å². The molecule has 0 aliphatic heterocycles. The molecule has 0 aliphatic carbocycles. The quantitative estimate of drug-likeness (QED) is 0.782. The minimum atomic E-state index is 0.593. The van der Waals surface area contributed by atoms with Gasteiger partial charge in [-0.3, -0.25) is 0 Å². The van der Waals surface area contributed by atoms with Crippen molar-refractivity contribution >= 4 is 11.0 Å². The third-order valence-corrected chi connectivity index (χ3v) is 3.59. The Labute approximate surface area is 124 Å². The highest BCUT2D eigenvalue weighted by molar-refractivity contribution is 5.78. The first-order valence-electron chi connectivity index (χ1n) is 7.09. The van der Waals surface area contributed by atoms with Crippen molar-refractivity contribution in [3.63, 3.8) is 0 Å². The van der Waals surface area contributed by atoms with Crippen LogP contribution < -0.4 is 10.5 Å². The van der Waals surface area contributed by atoms with Gasteiger partial charge in [0.05, 0.1) is 18.1 Å². The van der Waals surface area contributed by atoms with Gasteiger partial charge in [0.25, 0.3) is 0 Å². The summed E-state index contributed by atoms with van der Waals surface area (Å²) in [4.78, 5) is 4.71. The Kier molecular flexibility index (Phi) is 3.88. The van der Waals surface area contributed by atoms with E-state index < -0.39 is 0 Å². The highest BCUT2D eigenvalue weighted by Gasteiger charge is 2.11. The number of rotatable bonds is 5. The Bertz CT molecular complexity index is 734. The van der Waals surface area contributed by atoms with Crippen molar-refractivity contribution in [3.05, 3.63) is 59.9 Å². The molecule has 108 valence electrons. The average Bonchev–Trinajstić information content (AvgIpc) is 2.85. The van der Waals surface area contributed by atoms with Crippen molar-refractivity contribution in [1.29, 1.82) is 0 Å². The molecule has 4 nitrogen and oxygen atoms in total. The lowest BCUT2D eigenvalue weighted by Crippen LogP contribution is -2.10. The van der Waals surface area contributed by atoms with Crippen LogP contribution >= 0.6 is 0 Å². The van der Waals surface area contributed by atoms with Gasteiger partial charge in [-0.05, 0) is 24.2 Å². The number of nitrogens with zero attached hydrogens (tertiary/aromatic N) is 2. The second-order valence-electron chi connectivity index (χ2n) is 4.99. The molecule has 0 spiro atoms. The smallest absolute Gasteiger partial charge is 0.121 e. The van der Waals surface area contributed by atoms with Crippen LogP contribution in [0.4, 0.5) is 0 Å². The average molecular weight is 281 g/mol. The first-order chi connectivity index (χ1) is 10.3. The van der Waals surface area contributed by atoms with Crippen molar-refractivity contribution < 1.29 is 4.74 Å². The number of aromatic nitrogens is 2. The molecule has 0 radical (unpaired) electrons. The van der Waals surface area contributed by atoms with Crippen LogP contribution in [0.3, 0.4) is 0 Å². The van der Waals surface area contributed by atoms with Gasteiger partial charge in [0.2, 0.25) is 0 Å². The van der Waals surface area contributed by atoms with E-state index in [9.17, 15) is 0 Å². The molecule has 2 N–H and O–H groups in total. The van der Waals surface area contributed by atoms with Gasteiger partial charge in [0, 0.05) is 19.0 Å². The molecule has 1 aromatic heterocycles. The molecular formula is C17H19N3O. The zero-order valence-electron chi connectivity index (χ0n) is 12.1. The van der Waals surface area contributed by atoms with Crippen molar-refractivity contribution in [2.24, 2.45) is 5.73 Å². The normalized spacial score (nSPS) is 11.0. The molecule has 3 aromatic rings. The molecule has 0 saturated heterocycles. The molecule has 3 rings (SSSR count). The van der Waals surface area contributed by atoms with Crippen molar-refractivity contribution in [1.82, 2.24) is 9.55 Å². The Morgan fingerprint density at radius 1 is 1.14 bits per heavy atom. The molecule has 0 atom stereocenters. The Morgan fingerprint density at radius 3 is 2.67 bits per heavy atom. The minimum Gasteiger partial charge on any atom is -0.497 e. The summed E-state index contributed by atoms with van der Waals surface area (Å²) < 4.78 is 7.51. The van der Waals surface area contributed by atoms with Crippen LogP contribution in [0.15, 0.2) is 48.5 Å². The maximum atomic E-state index is 5.72. The lowest BCUT2D eigenvalue weighted by molar-refractivity contribution is 0.415. The van der Waals surface area contributed by atoms with Crippen LogP contribution in [0.2, 0.25) is 0 Å². The fourth-order valence-electron chi connectivity index (χ4n) is 2.55.